The van der Waals surface area contributed by atoms with Gasteiger partial charge in [-0.05, 0) is 30.2 Å². The summed E-state index contributed by atoms with van der Waals surface area (Å²) in [6.07, 6.45) is 2.30. The fourth-order valence-electron chi connectivity index (χ4n) is 3.78. The van der Waals surface area contributed by atoms with Crippen molar-refractivity contribution in [1.82, 2.24) is 14.8 Å². The number of amides is 1. The van der Waals surface area contributed by atoms with Crippen LogP contribution in [0.1, 0.15) is 21.5 Å². The van der Waals surface area contributed by atoms with Crippen molar-refractivity contribution >= 4 is 29.2 Å². The van der Waals surface area contributed by atoms with Gasteiger partial charge in [0.15, 0.2) is 0 Å². The first-order chi connectivity index (χ1) is 13.7. The van der Waals surface area contributed by atoms with Gasteiger partial charge in [0.1, 0.15) is 11.9 Å². The molecule has 0 bridgehead atoms. The average molecular weight is 413 g/mol. The highest BCUT2D eigenvalue weighted by molar-refractivity contribution is 6.08. The van der Waals surface area contributed by atoms with Crippen molar-refractivity contribution in [3.8, 4) is 6.07 Å². The maximum Gasteiger partial charge on any atom is 0.254 e. The number of hydrogen-bond donors (Lipinski definition) is 1. The van der Waals surface area contributed by atoms with E-state index in [4.69, 9.17) is 0 Å². The van der Waals surface area contributed by atoms with E-state index in [1.807, 2.05) is 29.2 Å². The molecule has 1 fully saturated rings. The summed E-state index contributed by atoms with van der Waals surface area (Å²) in [5.74, 6) is -0.209. The van der Waals surface area contributed by atoms with Gasteiger partial charge in [0.2, 0.25) is 0 Å². The van der Waals surface area contributed by atoms with Crippen molar-refractivity contribution in [3.05, 3.63) is 71.2 Å². The lowest BCUT2D eigenvalue weighted by Gasteiger charge is -2.35. The molecule has 150 valence electrons. The summed E-state index contributed by atoms with van der Waals surface area (Å²) in [7, 11) is 0. The number of fused-ring (bicyclic) bond motifs is 1. The summed E-state index contributed by atoms with van der Waals surface area (Å²) in [4.78, 5) is 20.2. The summed E-state index contributed by atoms with van der Waals surface area (Å²) in [5, 5.41) is 10.0. The van der Waals surface area contributed by atoms with E-state index < -0.39 is 0 Å². The molecule has 1 N–H and O–H groups in total. The molecule has 29 heavy (non-hydrogen) atoms. The number of aromatic amines is 1. The van der Waals surface area contributed by atoms with Crippen molar-refractivity contribution in [2.24, 2.45) is 0 Å². The monoisotopic (exact) mass is 412 g/mol. The Morgan fingerprint density at radius 1 is 1.10 bits per heavy atom. The largest absolute Gasteiger partial charge is 0.360 e. The lowest BCUT2D eigenvalue weighted by atomic mass is 10.0. The number of piperazine rings is 1. The standard InChI is InChI=1S/C22H21FN4O.ClH/c23-19-6-2-1-4-16(19)8-9-26-10-12-27(13-11-26)22(28)18-5-3-7-20-21(18)17(14-24)15-25-20;/h1-7,15,25H,8-13H2;1H. The number of benzene rings is 2. The van der Waals surface area contributed by atoms with Crippen molar-refractivity contribution in [1.29, 1.82) is 5.26 Å². The van der Waals surface area contributed by atoms with E-state index in [0.29, 0.717) is 36.0 Å². The van der Waals surface area contributed by atoms with Gasteiger partial charge in [-0.1, -0.05) is 24.3 Å². The minimum absolute atomic E-state index is 0. The van der Waals surface area contributed by atoms with Gasteiger partial charge < -0.3 is 9.88 Å². The highest BCUT2D eigenvalue weighted by atomic mass is 35.5. The van der Waals surface area contributed by atoms with Gasteiger partial charge in [0.25, 0.3) is 5.91 Å². The first-order valence-corrected chi connectivity index (χ1v) is 9.42. The number of nitriles is 1. The molecule has 0 unspecified atom stereocenters. The number of halogens is 2. The third-order valence-electron chi connectivity index (χ3n) is 5.37. The second-order valence-electron chi connectivity index (χ2n) is 7.02. The Hall–Kier alpha value is -2.88. The molecule has 7 heteroatoms. The minimum atomic E-state index is -0.163. The van der Waals surface area contributed by atoms with Gasteiger partial charge >= 0.3 is 0 Å². The molecule has 4 rings (SSSR count). The van der Waals surface area contributed by atoms with Crippen LogP contribution in [0.15, 0.2) is 48.7 Å². The van der Waals surface area contributed by atoms with E-state index in [1.54, 1.807) is 18.3 Å². The van der Waals surface area contributed by atoms with Crippen LogP contribution in [0, 0.1) is 17.1 Å². The molecule has 1 aliphatic heterocycles. The molecule has 5 nitrogen and oxygen atoms in total. The first kappa shape index (κ1) is 20.8. The van der Waals surface area contributed by atoms with E-state index in [0.717, 1.165) is 30.7 Å². The number of H-pyrrole nitrogens is 1. The van der Waals surface area contributed by atoms with Crippen LogP contribution in [0.25, 0.3) is 10.9 Å². The molecule has 0 atom stereocenters. The van der Waals surface area contributed by atoms with Crippen molar-refractivity contribution < 1.29 is 9.18 Å². The van der Waals surface area contributed by atoms with Gasteiger partial charge in [0, 0.05) is 49.8 Å². The number of aromatic nitrogens is 1. The fourth-order valence-corrected chi connectivity index (χ4v) is 3.78. The molecule has 1 aromatic heterocycles. The molecule has 0 radical (unpaired) electrons. The van der Waals surface area contributed by atoms with Crippen LogP contribution >= 0.6 is 12.4 Å². The second kappa shape index (κ2) is 9.08. The molecule has 3 aromatic rings. The summed E-state index contributed by atoms with van der Waals surface area (Å²) in [6.45, 7) is 3.54. The maximum absolute atomic E-state index is 13.8. The molecule has 1 saturated heterocycles. The molecule has 1 aliphatic rings. The Balaban J connectivity index is 0.00000240. The molecule has 2 aromatic carbocycles. The van der Waals surface area contributed by atoms with Crippen molar-refractivity contribution in [2.75, 3.05) is 32.7 Å². The molecule has 0 spiro atoms. The van der Waals surface area contributed by atoms with Crippen LogP contribution in [-0.2, 0) is 6.42 Å². The van der Waals surface area contributed by atoms with Gasteiger partial charge in [-0.15, -0.1) is 12.4 Å². The number of nitrogens with one attached hydrogen (secondary N) is 1. The Kier molecular flexibility index (Phi) is 6.53. The lowest BCUT2D eigenvalue weighted by Crippen LogP contribution is -2.49. The van der Waals surface area contributed by atoms with E-state index in [2.05, 4.69) is 16.0 Å². The maximum atomic E-state index is 13.8. The third kappa shape index (κ3) is 4.26. The van der Waals surface area contributed by atoms with Crippen LogP contribution in [0.5, 0.6) is 0 Å². The van der Waals surface area contributed by atoms with Crippen LogP contribution in [0.3, 0.4) is 0 Å². The van der Waals surface area contributed by atoms with Gasteiger partial charge in [0.05, 0.1) is 11.1 Å². The molecule has 2 heterocycles. The summed E-state index contributed by atoms with van der Waals surface area (Å²) in [6, 6.07) is 14.5. The molecule has 0 saturated carbocycles. The van der Waals surface area contributed by atoms with Gasteiger partial charge in [-0.2, -0.15) is 5.26 Å². The predicted molar refractivity (Wildman–Crippen MR) is 113 cm³/mol. The molecule has 1 amide bonds. The van der Waals surface area contributed by atoms with Crippen molar-refractivity contribution in [3.63, 3.8) is 0 Å². The van der Waals surface area contributed by atoms with Crippen molar-refractivity contribution in [2.45, 2.75) is 6.42 Å². The Labute approximate surface area is 175 Å². The van der Waals surface area contributed by atoms with E-state index in [1.165, 1.54) is 6.07 Å². The Bertz CT molecular complexity index is 1050. The average Bonchev–Trinajstić information content (AvgIpc) is 3.16. The Morgan fingerprint density at radius 2 is 1.86 bits per heavy atom. The second-order valence-corrected chi connectivity index (χ2v) is 7.02. The van der Waals surface area contributed by atoms with Crippen LogP contribution in [-0.4, -0.2) is 53.4 Å². The molecular formula is C22H22ClFN4O. The smallest absolute Gasteiger partial charge is 0.254 e. The lowest BCUT2D eigenvalue weighted by molar-refractivity contribution is 0.0640. The summed E-state index contributed by atoms with van der Waals surface area (Å²) in [5.41, 5.74) is 2.58. The van der Waals surface area contributed by atoms with Gasteiger partial charge in [-0.25, -0.2) is 4.39 Å². The van der Waals surface area contributed by atoms with E-state index in [-0.39, 0.29) is 24.1 Å². The fraction of sp³-hybridized carbons (Fsp3) is 0.273. The third-order valence-corrected chi connectivity index (χ3v) is 5.37. The first-order valence-electron chi connectivity index (χ1n) is 9.42. The van der Waals surface area contributed by atoms with Gasteiger partial charge in [-0.3, -0.25) is 9.69 Å². The minimum Gasteiger partial charge on any atom is -0.360 e. The highest BCUT2D eigenvalue weighted by Gasteiger charge is 2.24. The SMILES string of the molecule is Cl.N#Cc1c[nH]c2cccc(C(=O)N3CCN(CCc4ccccc4F)CC3)c12. The normalized spacial score (nSPS) is 14.4. The summed E-state index contributed by atoms with van der Waals surface area (Å²) < 4.78 is 13.8. The zero-order valence-electron chi connectivity index (χ0n) is 15.9. The predicted octanol–water partition coefficient (Wildman–Crippen LogP) is 3.60. The molecule has 0 aliphatic carbocycles. The van der Waals surface area contributed by atoms with E-state index in [9.17, 15) is 14.4 Å². The number of hydrogen-bond acceptors (Lipinski definition) is 3. The zero-order chi connectivity index (χ0) is 19.5. The number of rotatable bonds is 4. The number of carbonyl (C=O) groups excluding carboxylic acids is 1. The molecular weight excluding hydrogens is 391 g/mol. The number of carbonyl (C=O) groups is 1. The van der Waals surface area contributed by atoms with Crippen LogP contribution < -0.4 is 0 Å². The van der Waals surface area contributed by atoms with Crippen LogP contribution in [0.4, 0.5) is 4.39 Å². The zero-order valence-corrected chi connectivity index (χ0v) is 16.7. The van der Waals surface area contributed by atoms with Crippen LogP contribution in [0.2, 0.25) is 0 Å². The topological polar surface area (TPSA) is 63.1 Å². The quantitative estimate of drug-likeness (QED) is 0.712. The van der Waals surface area contributed by atoms with E-state index >= 15 is 0 Å². The highest BCUT2D eigenvalue weighted by Crippen LogP contribution is 2.24. The Morgan fingerprint density at radius 3 is 2.59 bits per heavy atom. The summed E-state index contributed by atoms with van der Waals surface area (Å²) >= 11 is 0. The number of nitrogens with zero attached hydrogens (tertiary/aromatic N) is 3.